The first-order valence-corrected chi connectivity index (χ1v) is 7.44. The van der Waals surface area contributed by atoms with Crippen LogP contribution in [0.4, 0.5) is 0 Å². The lowest BCUT2D eigenvalue weighted by molar-refractivity contribution is 0.0689. The Kier molecular flexibility index (Phi) is 4.70. The summed E-state index contributed by atoms with van der Waals surface area (Å²) in [7, 11) is 0. The highest BCUT2D eigenvalue weighted by molar-refractivity contribution is 7.10. The van der Waals surface area contributed by atoms with Gasteiger partial charge in [0.15, 0.2) is 0 Å². The molecule has 0 aliphatic rings. The fraction of sp³-hybridized carbons (Fsp3) is 0.267. The zero-order valence-electron chi connectivity index (χ0n) is 11.8. The average molecular weight is 304 g/mol. The second kappa shape index (κ2) is 6.49. The van der Waals surface area contributed by atoms with Crippen LogP contribution in [0.3, 0.4) is 0 Å². The minimum atomic E-state index is -1.11. The molecule has 0 saturated heterocycles. The van der Waals surface area contributed by atoms with Gasteiger partial charge in [-0.05, 0) is 42.5 Å². The number of aromatic carboxylic acids is 1. The summed E-state index contributed by atoms with van der Waals surface area (Å²) >= 11 is 1.65. The molecule has 1 unspecified atom stereocenters. The monoisotopic (exact) mass is 304 g/mol. The normalized spacial score (nSPS) is 11.9. The summed E-state index contributed by atoms with van der Waals surface area (Å²) in [6.45, 7) is 4.03. The summed E-state index contributed by atoms with van der Waals surface area (Å²) < 4.78 is 0. The standard InChI is InChI=1S/C15H16N2O3S/c1-3-12(11-6-9(2)21-8-11)17-14(18)10-4-5-13(15(19)20)16-7-10/h4-8,12H,3H2,1-2H3,(H,17,18)(H,19,20). The molecule has 1 amide bonds. The summed E-state index contributed by atoms with van der Waals surface area (Å²) in [4.78, 5) is 27.9. The van der Waals surface area contributed by atoms with Gasteiger partial charge in [0.2, 0.25) is 0 Å². The van der Waals surface area contributed by atoms with Gasteiger partial charge in [-0.1, -0.05) is 6.92 Å². The number of nitrogens with zero attached hydrogens (tertiary/aromatic N) is 1. The Labute approximate surface area is 126 Å². The Balaban J connectivity index is 2.10. The summed E-state index contributed by atoms with van der Waals surface area (Å²) in [6, 6.07) is 4.80. The third-order valence-electron chi connectivity index (χ3n) is 3.11. The second-order valence-corrected chi connectivity index (χ2v) is 5.78. The molecule has 6 heteroatoms. The lowest BCUT2D eigenvalue weighted by Gasteiger charge is -2.15. The molecule has 21 heavy (non-hydrogen) atoms. The summed E-state index contributed by atoms with van der Waals surface area (Å²) in [5.41, 5.74) is 1.36. The zero-order valence-corrected chi connectivity index (χ0v) is 12.6. The molecule has 2 heterocycles. The average Bonchev–Trinajstić information content (AvgIpc) is 2.91. The minimum Gasteiger partial charge on any atom is -0.477 e. The van der Waals surface area contributed by atoms with Crippen LogP contribution in [0.5, 0.6) is 0 Å². The van der Waals surface area contributed by atoms with Crippen LogP contribution in [0.2, 0.25) is 0 Å². The maximum atomic E-state index is 12.2. The van der Waals surface area contributed by atoms with E-state index in [0.29, 0.717) is 5.56 Å². The number of aromatic nitrogens is 1. The molecular weight excluding hydrogens is 288 g/mol. The largest absolute Gasteiger partial charge is 0.477 e. The van der Waals surface area contributed by atoms with Crippen molar-refractivity contribution in [3.05, 3.63) is 51.5 Å². The number of hydrogen-bond donors (Lipinski definition) is 2. The molecule has 2 aromatic rings. The number of carboxylic acids is 1. The Morgan fingerprint density at radius 3 is 2.67 bits per heavy atom. The van der Waals surface area contributed by atoms with Gasteiger partial charge in [0.25, 0.3) is 5.91 Å². The number of rotatable bonds is 5. The van der Waals surface area contributed by atoms with Crippen LogP contribution in [-0.4, -0.2) is 22.0 Å². The molecule has 110 valence electrons. The quantitative estimate of drug-likeness (QED) is 0.890. The van der Waals surface area contributed by atoms with Crippen molar-refractivity contribution in [3.63, 3.8) is 0 Å². The van der Waals surface area contributed by atoms with E-state index in [2.05, 4.69) is 16.4 Å². The van der Waals surface area contributed by atoms with E-state index in [4.69, 9.17) is 5.11 Å². The Morgan fingerprint density at radius 1 is 1.43 bits per heavy atom. The third kappa shape index (κ3) is 3.66. The van der Waals surface area contributed by atoms with Crippen LogP contribution in [0, 0.1) is 6.92 Å². The van der Waals surface area contributed by atoms with E-state index >= 15 is 0 Å². The molecule has 0 bridgehead atoms. The van der Waals surface area contributed by atoms with E-state index in [-0.39, 0.29) is 17.6 Å². The van der Waals surface area contributed by atoms with Gasteiger partial charge in [0.05, 0.1) is 11.6 Å². The van der Waals surface area contributed by atoms with Crippen LogP contribution < -0.4 is 5.32 Å². The van der Waals surface area contributed by atoms with Crippen LogP contribution in [0.15, 0.2) is 29.8 Å². The van der Waals surface area contributed by atoms with E-state index in [9.17, 15) is 9.59 Å². The molecule has 2 rings (SSSR count). The van der Waals surface area contributed by atoms with Gasteiger partial charge in [-0.2, -0.15) is 0 Å². The predicted molar refractivity (Wildman–Crippen MR) is 80.8 cm³/mol. The fourth-order valence-corrected chi connectivity index (χ4v) is 2.72. The number of nitrogens with one attached hydrogen (secondary N) is 1. The molecule has 5 nitrogen and oxygen atoms in total. The summed E-state index contributed by atoms with van der Waals surface area (Å²) in [6.07, 6.45) is 2.06. The lowest BCUT2D eigenvalue weighted by atomic mass is 10.1. The Morgan fingerprint density at radius 2 is 2.19 bits per heavy atom. The first-order valence-electron chi connectivity index (χ1n) is 6.56. The maximum Gasteiger partial charge on any atom is 0.354 e. The van der Waals surface area contributed by atoms with E-state index in [1.165, 1.54) is 23.2 Å². The van der Waals surface area contributed by atoms with E-state index in [1.54, 1.807) is 11.3 Å². The number of amides is 1. The molecular formula is C15H16N2O3S. The molecule has 0 saturated carbocycles. The molecule has 1 atom stereocenters. The van der Waals surface area contributed by atoms with Crippen LogP contribution in [-0.2, 0) is 0 Å². The molecule has 0 radical (unpaired) electrons. The van der Waals surface area contributed by atoms with Crippen LogP contribution >= 0.6 is 11.3 Å². The fourth-order valence-electron chi connectivity index (χ4n) is 1.96. The van der Waals surface area contributed by atoms with Crippen molar-refractivity contribution in [3.8, 4) is 0 Å². The molecule has 0 spiro atoms. The first kappa shape index (κ1) is 15.2. The minimum absolute atomic E-state index is 0.0541. The number of hydrogen-bond acceptors (Lipinski definition) is 4. The second-order valence-electron chi connectivity index (χ2n) is 4.66. The topological polar surface area (TPSA) is 79.3 Å². The number of carboxylic acid groups (broad SMARTS) is 1. The molecule has 0 aliphatic heterocycles. The number of carbonyl (C=O) groups excluding carboxylic acids is 1. The molecule has 0 aliphatic carbocycles. The van der Waals surface area contributed by atoms with Gasteiger partial charge < -0.3 is 10.4 Å². The Bertz CT molecular complexity index is 649. The van der Waals surface area contributed by atoms with E-state index < -0.39 is 5.97 Å². The zero-order chi connectivity index (χ0) is 15.4. The molecule has 2 N–H and O–H groups in total. The molecule has 2 aromatic heterocycles. The van der Waals surface area contributed by atoms with Gasteiger partial charge in [-0.25, -0.2) is 9.78 Å². The highest BCUT2D eigenvalue weighted by Crippen LogP contribution is 2.23. The summed E-state index contributed by atoms with van der Waals surface area (Å²) in [5.74, 6) is -1.36. The highest BCUT2D eigenvalue weighted by Gasteiger charge is 2.16. The third-order valence-corrected chi connectivity index (χ3v) is 3.99. The Hall–Kier alpha value is -2.21. The number of pyridine rings is 1. The predicted octanol–water partition coefficient (Wildman–Crippen LogP) is 3.03. The van der Waals surface area contributed by atoms with Crippen molar-refractivity contribution >= 4 is 23.2 Å². The lowest BCUT2D eigenvalue weighted by Crippen LogP contribution is -2.28. The van der Waals surface area contributed by atoms with Crippen molar-refractivity contribution in [2.24, 2.45) is 0 Å². The van der Waals surface area contributed by atoms with Crippen LogP contribution in [0.1, 0.15) is 50.7 Å². The number of carbonyl (C=O) groups is 2. The van der Waals surface area contributed by atoms with Crippen LogP contribution in [0.25, 0.3) is 0 Å². The van der Waals surface area contributed by atoms with Gasteiger partial charge in [-0.15, -0.1) is 11.3 Å². The smallest absolute Gasteiger partial charge is 0.354 e. The van der Waals surface area contributed by atoms with Crippen molar-refractivity contribution in [1.29, 1.82) is 0 Å². The molecule has 0 fully saturated rings. The van der Waals surface area contributed by atoms with E-state index in [0.717, 1.165) is 12.0 Å². The number of aryl methyl sites for hydroxylation is 1. The first-order chi connectivity index (χ1) is 10.0. The highest BCUT2D eigenvalue weighted by atomic mass is 32.1. The van der Waals surface area contributed by atoms with Crippen molar-refractivity contribution in [2.75, 3.05) is 0 Å². The molecule has 0 aromatic carbocycles. The summed E-state index contributed by atoms with van der Waals surface area (Å²) in [5, 5.41) is 13.8. The van der Waals surface area contributed by atoms with Gasteiger partial charge in [0, 0.05) is 11.1 Å². The van der Waals surface area contributed by atoms with Gasteiger partial charge >= 0.3 is 5.97 Å². The van der Waals surface area contributed by atoms with Gasteiger partial charge in [-0.3, -0.25) is 4.79 Å². The van der Waals surface area contributed by atoms with Crippen molar-refractivity contribution in [2.45, 2.75) is 26.3 Å². The maximum absolute atomic E-state index is 12.2. The van der Waals surface area contributed by atoms with Crippen molar-refractivity contribution in [1.82, 2.24) is 10.3 Å². The SMILES string of the molecule is CCC(NC(=O)c1ccc(C(=O)O)nc1)c1csc(C)c1. The van der Waals surface area contributed by atoms with E-state index in [1.807, 2.05) is 19.2 Å². The number of thiophene rings is 1. The van der Waals surface area contributed by atoms with Crippen molar-refractivity contribution < 1.29 is 14.7 Å². The van der Waals surface area contributed by atoms with Gasteiger partial charge in [0.1, 0.15) is 5.69 Å².